The van der Waals surface area contributed by atoms with Crippen molar-refractivity contribution in [3.8, 4) is 11.4 Å². The molecular formula is C28H28N6S. The number of anilines is 1. The van der Waals surface area contributed by atoms with Crippen LogP contribution in [0.25, 0.3) is 43.5 Å². The van der Waals surface area contributed by atoms with Gasteiger partial charge in [-0.3, -0.25) is 0 Å². The number of rotatable bonds is 8. The molecule has 0 spiro atoms. The van der Waals surface area contributed by atoms with Gasteiger partial charge >= 0.3 is 0 Å². The van der Waals surface area contributed by atoms with Crippen molar-refractivity contribution in [1.82, 2.24) is 24.5 Å². The minimum absolute atomic E-state index is 0.316. The molecule has 2 N–H and O–H groups in total. The van der Waals surface area contributed by atoms with E-state index in [0.717, 1.165) is 54.2 Å². The standard InChI is InChI=1S/C28H28N6S/c1-3-18(2)34-17-31-25-27(29-14-8-9-19-15-30-23-12-6-4-10-20(19)23)32-26(33-28(25)34)22-16-35-24-13-7-5-11-21(22)24/h4-7,10-13,15-18,30H,3,8-9,14H2,1-2H3,(H,29,32,33). The van der Waals surface area contributed by atoms with Crippen molar-refractivity contribution in [3.05, 3.63) is 72.0 Å². The molecule has 0 bridgehead atoms. The van der Waals surface area contributed by atoms with Gasteiger partial charge in [0.05, 0.1) is 6.33 Å². The number of thiophene rings is 1. The first kappa shape index (κ1) is 21.8. The van der Waals surface area contributed by atoms with Gasteiger partial charge < -0.3 is 14.9 Å². The number of imidazole rings is 1. The van der Waals surface area contributed by atoms with Crippen LogP contribution in [0.4, 0.5) is 5.82 Å². The number of fused-ring (bicyclic) bond motifs is 3. The van der Waals surface area contributed by atoms with Crippen molar-refractivity contribution >= 4 is 49.3 Å². The molecule has 4 aromatic heterocycles. The number of aromatic nitrogens is 5. The van der Waals surface area contributed by atoms with Crippen molar-refractivity contribution in [1.29, 1.82) is 0 Å². The number of nitrogens with one attached hydrogen (secondary N) is 2. The molecule has 1 atom stereocenters. The van der Waals surface area contributed by atoms with Gasteiger partial charge in [-0.2, -0.15) is 0 Å². The van der Waals surface area contributed by atoms with Gasteiger partial charge in [-0.15, -0.1) is 11.3 Å². The Kier molecular flexibility index (Phi) is 5.70. The van der Waals surface area contributed by atoms with Gasteiger partial charge in [0.15, 0.2) is 17.3 Å². The maximum absolute atomic E-state index is 5.01. The third kappa shape index (κ3) is 3.96. The molecule has 1 unspecified atom stereocenters. The lowest BCUT2D eigenvalue weighted by molar-refractivity contribution is 0.541. The normalized spacial score (nSPS) is 12.6. The van der Waals surface area contributed by atoms with Crippen LogP contribution in [0.2, 0.25) is 0 Å². The third-order valence-corrected chi connectivity index (χ3v) is 7.76. The van der Waals surface area contributed by atoms with E-state index in [9.17, 15) is 0 Å². The minimum atomic E-state index is 0.316. The summed E-state index contributed by atoms with van der Waals surface area (Å²) in [4.78, 5) is 18.1. The summed E-state index contributed by atoms with van der Waals surface area (Å²) < 4.78 is 3.42. The van der Waals surface area contributed by atoms with Gasteiger partial charge in [-0.1, -0.05) is 43.3 Å². The summed E-state index contributed by atoms with van der Waals surface area (Å²) >= 11 is 1.73. The van der Waals surface area contributed by atoms with Gasteiger partial charge in [0, 0.05) is 50.7 Å². The SMILES string of the molecule is CCC(C)n1cnc2c(NCCCc3c[nH]c4ccccc34)nc(-c3csc4ccccc34)nc21. The summed E-state index contributed by atoms with van der Waals surface area (Å²) in [6.07, 6.45) is 7.03. The molecule has 2 aromatic carbocycles. The van der Waals surface area contributed by atoms with Crippen LogP contribution in [0.5, 0.6) is 0 Å². The minimum Gasteiger partial charge on any atom is -0.368 e. The lowest BCUT2D eigenvalue weighted by atomic mass is 10.1. The highest BCUT2D eigenvalue weighted by Crippen LogP contribution is 2.34. The van der Waals surface area contributed by atoms with Crippen LogP contribution in [0.3, 0.4) is 0 Å². The van der Waals surface area contributed by atoms with E-state index >= 15 is 0 Å². The Morgan fingerprint density at radius 2 is 1.89 bits per heavy atom. The molecule has 0 radical (unpaired) electrons. The quantitative estimate of drug-likeness (QED) is 0.226. The highest BCUT2D eigenvalue weighted by atomic mass is 32.1. The average molecular weight is 481 g/mol. The van der Waals surface area contributed by atoms with Crippen LogP contribution in [0.1, 0.15) is 38.3 Å². The molecule has 176 valence electrons. The van der Waals surface area contributed by atoms with Gasteiger partial charge in [0.25, 0.3) is 0 Å². The highest BCUT2D eigenvalue weighted by Gasteiger charge is 2.18. The number of para-hydroxylation sites is 1. The molecule has 4 heterocycles. The molecule has 0 aliphatic rings. The molecule has 0 aliphatic carbocycles. The van der Waals surface area contributed by atoms with Gasteiger partial charge in [0.1, 0.15) is 5.52 Å². The second-order valence-electron chi connectivity index (χ2n) is 9.01. The Bertz CT molecular complexity index is 1620. The summed E-state index contributed by atoms with van der Waals surface area (Å²) in [7, 11) is 0. The highest BCUT2D eigenvalue weighted by molar-refractivity contribution is 7.17. The molecule has 0 fully saturated rings. The predicted octanol–water partition coefficient (Wildman–Crippen LogP) is 7.21. The van der Waals surface area contributed by atoms with Gasteiger partial charge in [-0.05, 0) is 43.9 Å². The van der Waals surface area contributed by atoms with Gasteiger partial charge in [-0.25, -0.2) is 15.0 Å². The molecule has 6 rings (SSSR count). The monoisotopic (exact) mass is 480 g/mol. The molecule has 0 amide bonds. The summed E-state index contributed by atoms with van der Waals surface area (Å²) in [5.41, 5.74) is 5.34. The number of hydrogen-bond acceptors (Lipinski definition) is 5. The van der Waals surface area contributed by atoms with E-state index in [1.165, 1.54) is 26.6 Å². The largest absolute Gasteiger partial charge is 0.368 e. The summed E-state index contributed by atoms with van der Waals surface area (Å²) in [5, 5.41) is 8.24. The van der Waals surface area contributed by atoms with Crippen molar-refractivity contribution in [2.75, 3.05) is 11.9 Å². The van der Waals surface area contributed by atoms with Crippen LogP contribution in [0.15, 0.2) is 66.4 Å². The smallest absolute Gasteiger partial charge is 0.166 e. The van der Waals surface area contributed by atoms with Crippen LogP contribution in [0, 0.1) is 0 Å². The van der Waals surface area contributed by atoms with E-state index in [4.69, 9.17) is 15.0 Å². The first-order chi connectivity index (χ1) is 17.2. The number of aryl methyl sites for hydroxylation is 1. The first-order valence-electron chi connectivity index (χ1n) is 12.2. The van der Waals surface area contributed by atoms with Crippen LogP contribution in [-0.2, 0) is 6.42 Å². The number of nitrogens with zero attached hydrogens (tertiary/aromatic N) is 4. The molecule has 0 aliphatic heterocycles. The zero-order valence-electron chi connectivity index (χ0n) is 20.0. The van der Waals surface area contributed by atoms with Crippen molar-refractivity contribution < 1.29 is 0 Å². The van der Waals surface area contributed by atoms with E-state index in [1.54, 1.807) is 11.3 Å². The van der Waals surface area contributed by atoms with E-state index in [-0.39, 0.29) is 0 Å². The van der Waals surface area contributed by atoms with Crippen LogP contribution >= 0.6 is 11.3 Å². The van der Waals surface area contributed by atoms with Crippen LogP contribution in [-0.4, -0.2) is 31.0 Å². The zero-order chi connectivity index (χ0) is 23.8. The maximum Gasteiger partial charge on any atom is 0.166 e. The topological polar surface area (TPSA) is 71.4 Å². The average Bonchev–Trinajstić information content (AvgIpc) is 3.62. The molecule has 0 saturated heterocycles. The van der Waals surface area contributed by atoms with E-state index in [0.29, 0.717) is 6.04 Å². The molecule has 7 heteroatoms. The summed E-state index contributed by atoms with van der Waals surface area (Å²) in [5.74, 6) is 1.56. The van der Waals surface area contributed by atoms with E-state index < -0.39 is 0 Å². The van der Waals surface area contributed by atoms with Crippen molar-refractivity contribution in [2.45, 2.75) is 39.2 Å². The second-order valence-corrected chi connectivity index (χ2v) is 9.92. The Balaban J connectivity index is 1.32. The predicted molar refractivity (Wildman–Crippen MR) is 146 cm³/mol. The number of benzene rings is 2. The van der Waals surface area contributed by atoms with E-state index in [1.807, 2.05) is 6.33 Å². The van der Waals surface area contributed by atoms with Crippen molar-refractivity contribution in [3.63, 3.8) is 0 Å². The second kappa shape index (κ2) is 9.15. The number of hydrogen-bond donors (Lipinski definition) is 2. The third-order valence-electron chi connectivity index (χ3n) is 6.80. The Morgan fingerprint density at radius 1 is 1.06 bits per heavy atom. The Hall–Kier alpha value is -3.71. The fourth-order valence-electron chi connectivity index (χ4n) is 4.65. The number of aromatic amines is 1. The zero-order valence-corrected chi connectivity index (χ0v) is 20.8. The van der Waals surface area contributed by atoms with E-state index in [2.05, 4.69) is 88.8 Å². The molecular weight excluding hydrogens is 452 g/mol. The fraction of sp³-hybridized carbons (Fsp3) is 0.250. The molecule has 6 nitrogen and oxygen atoms in total. The first-order valence-corrected chi connectivity index (χ1v) is 13.1. The van der Waals surface area contributed by atoms with Gasteiger partial charge in [0.2, 0.25) is 0 Å². The number of H-pyrrole nitrogens is 1. The Labute approximate surface area is 208 Å². The fourth-order valence-corrected chi connectivity index (χ4v) is 5.59. The summed E-state index contributed by atoms with van der Waals surface area (Å²) in [6, 6.07) is 17.2. The molecule has 6 aromatic rings. The lowest BCUT2D eigenvalue weighted by Crippen LogP contribution is -2.08. The summed E-state index contributed by atoms with van der Waals surface area (Å²) in [6.45, 7) is 5.21. The molecule has 35 heavy (non-hydrogen) atoms. The molecule has 0 saturated carbocycles. The van der Waals surface area contributed by atoms with Crippen LogP contribution < -0.4 is 5.32 Å². The lowest BCUT2D eigenvalue weighted by Gasteiger charge is -2.13. The van der Waals surface area contributed by atoms with Crippen molar-refractivity contribution in [2.24, 2.45) is 0 Å². The maximum atomic E-state index is 5.01. The Morgan fingerprint density at radius 3 is 2.77 bits per heavy atom.